The SMILES string of the molecule is C=CC(=O)OC1(C(=O)OCCCCC)CCC(C(=O)OCCCCCCCCCC)CC1. The lowest BCUT2D eigenvalue weighted by Gasteiger charge is -2.36. The Morgan fingerprint density at radius 3 is 1.91 bits per heavy atom. The summed E-state index contributed by atoms with van der Waals surface area (Å²) in [5, 5.41) is 0. The summed E-state index contributed by atoms with van der Waals surface area (Å²) < 4.78 is 16.3. The van der Waals surface area contributed by atoms with Crippen molar-refractivity contribution >= 4 is 17.9 Å². The molecule has 1 aliphatic carbocycles. The fourth-order valence-corrected chi connectivity index (χ4v) is 4.08. The minimum atomic E-state index is -1.33. The van der Waals surface area contributed by atoms with E-state index in [-0.39, 0.29) is 24.7 Å². The van der Waals surface area contributed by atoms with Crippen molar-refractivity contribution in [2.24, 2.45) is 5.92 Å². The van der Waals surface area contributed by atoms with E-state index in [1.165, 1.54) is 38.5 Å². The van der Waals surface area contributed by atoms with Gasteiger partial charge >= 0.3 is 17.9 Å². The van der Waals surface area contributed by atoms with Crippen molar-refractivity contribution in [3.8, 4) is 0 Å². The Bertz CT molecular complexity index is 563. The van der Waals surface area contributed by atoms with Gasteiger partial charge in [-0.2, -0.15) is 0 Å². The Hall–Kier alpha value is -1.85. The van der Waals surface area contributed by atoms with Gasteiger partial charge in [-0.25, -0.2) is 9.59 Å². The second-order valence-corrected chi connectivity index (χ2v) is 8.88. The molecule has 1 rings (SSSR count). The molecule has 0 unspecified atom stereocenters. The van der Waals surface area contributed by atoms with Crippen LogP contribution < -0.4 is 0 Å². The van der Waals surface area contributed by atoms with Crippen molar-refractivity contribution in [3.63, 3.8) is 0 Å². The number of carbonyl (C=O) groups excluding carboxylic acids is 3. The molecule has 0 aromatic carbocycles. The number of hydrogen-bond acceptors (Lipinski definition) is 6. The Balaban J connectivity index is 2.39. The maximum Gasteiger partial charge on any atom is 0.350 e. The fourth-order valence-electron chi connectivity index (χ4n) is 4.08. The highest BCUT2D eigenvalue weighted by molar-refractivity contribution is 5.88. The summed E-state index contributed by atoms with van der Waals surface area (Å²) in [6.45, 7) is 8.46. The molecule has 1 aliphatic rings. The van der Waals surface area contributed by atoms with Gasteiger partial charge in [-0.3, -0.25) is 4.79 Å². The maximum absolute atomic E-state index is 12.7. The third-order valence-electron chi connectivity index (χ3n) is 6.18. The molecule has 0 aromatic heterocycles. The van der Waals surface area contributed by atoms with E-state index < -0.39 is 17.5 Å². The lowest BCUT2D eigenvalue weighted by atomic mass is 9.78. The van der Waals surface area contributed by atoms with Gasteiger partial charge in [-0.1, -0.05) is 78.2 Å². The smallest absolute Gasteiger partial charge is 0.350 e. The zero-order valence-electron chi connectivity index (χ0n) is 20.3. The Labute approximate surface area is 194 Å². The predicted octanol–water partition coefficient (Wildman–Crippen LogP) is 6.06. The zero-order valence-corrected chi connectivity index (χ0v) is 20.3. The van der Waals surface area contributed by atoms with E-state index in [0.717, 1.165) is 38.2 Å². The number of ether oxygens (including phenoxy) is 3. The van der Waals surface area contributed by atoms with E-state index in [2.05, 4.69) is 20.4 Å². The van der Waals surface area contributed by atoms with Gasteiger partial charge in [0.15, 0.2) is 0 Å². The van der Waals surface area contributed by atoms with Crippen LogP contribution in [-0.2, 0) is 28.6 Å². The van der Waals surface area contributed by atoms with Crippen molar-refractivity contribution in [2.45, 2.75) is 116 Å². The van der Waals surface area contributed by atoms with E-state index in [1.54, 1.807) is 0 Å². The second kappa shape index (κ2) is 16.7. The van der Waals surface area contributed by atoms with Crippen molar-refractivity contribution in [3.05, 3.63) is 12.7 Å². The number of rotatable bonds is 17. The first-order chi connectivity index (χ1) is 15.5. The summed E-state index contributed by atoms with van der Waals surface area (Å²) in [6.07, 6.45) is 14.8. The molecule has 6 heteroatoms. The third-order valence-corrected chi connectivity index (χ3v) is 6.18. The fraction of sp³-hybridized carbons (Fsp3) is 0.808. The lowest BCUT2D eigenvalue weighted by Crippen LogP contribution is -2.48. The van der Waals surface area contributed by atoms with Gasteiger partial charge in [-0.05, 0) is 38.5 Å². The third kappa shape index (κ3) is 10.6. The van der Waals surface area contributed by atoms with Crippen LogP contribution in [-0.4, -0.2) is 36.7 Å². The van der Waals surface area contributed by atoms with Crippen LogP contribution in [0.5, 0.6) is 0 Å². The summed E-state index contributed by atoms with van der Waals surface area (Å²) in [6, 6.07) is 0. The highest BCUT2D eigenvalue weighted by atomic mass is 16.6. The first-order valence-corrected chi connectivity index (χ1v) is 12.7. The molecule has 0 heterocycles. The van der Waals surface area contributed by atoms with Crippen molar-refractivity contribution < 1.29 is 28.6 Å². The second-order valence-electron chi connectivity index (χ2n) is 8.88. The molecule has 0 spiro atoms. The van der Waals surface area contributed by atoms with Crippen LogP contribution in [0.3, 0.4) is 0 Å². The average molecular weight is 453 g/mol. The monoisotopic (exact) mass is 452 g/mol. The van der Waals surface area contributed by atoms with E-state index in [4.69, 9.17) is 14.2 Å². The summed E-state index contributed by atoms with van der Waals surface area (Å²) in [5.41, 5.74) is -1.33. The molecular formula is C26H44O6. The van der Waals surface area contributed by atoms with Crippen LogP contribution in [0.1, 0.15) is 110 Å². The predicted molar refractivity (Wildman–Crippen MR) is 125 cm³/mol. The molecule has 6 nitrogen and oxygen atoms in total. The highest BCUT2D eigenvalue weighted by Crippen LogP contribution is 2.37. The van der Waals surface area contributed by atoms with Gasteiger partial charge in [0.2, 0.25) is 5.60 Å². The van der Waals surface area contributed by atoms with Crippen LogP contribution >= 0.6 is 0 Å². The van der Waals surface area contributed by atoms with Crippen LogP contribution in [0.4, 0.5) is 0 Å². The van der Waals surface area contributed by atoms with Crippen LogP contribution in [0.2, 0.25) is 0 Å². The molecule has 0 aliphatic heterocycles. The first-order valence-electron chi connectivity index (χ1n) is 12.7. The molecule has 0 atom stereocenters. The zero-order chi connectivity index (χ0) is 23.7. The molecule has 184 valence electrons. The molecular weight excluding hydrogens is 408 g/mol. The number of unbranched alkanes of at least 4 members (excludes halogenated alkanes) is 9. The Kier molecular flexibility index (Phi) is 14.7. The largest absolute Gasteiger partial charge is 0.465 e. The molecule has 32 heavy (non-hydrogen) atoms. The van der Waals surface area contributed by atoms with Gasteiger partial charge < -0.3 is 14.2 Å². The first kappa shape index (κ1) is 28.2. The van der Waals surface area contributed by atoms with Gasteiger partial charge in [0.1, 0.15) is 0 Å². The van der Waals surface area contributed by atoms with E-state index >= 15 is 0 Å². The van der Waals surface area contributed by atoms with E-state index in [0.29, 0.717) is 26.1 Å². The lowest BCUT2D eigenvalue weighted by molar-refractivity contribution is -0.186. The van der Waals surface area contributed by atoms with E-state index in [1.807, 2.05) is 0 Å². The molecule has 0 N–H and O–H groups in total. The highest BCUT2D eigenvalue weighted by Gasteiger charge is 2.48. The van der Waals surface area contributed by atoms with E-state index in [9.17, 15) is 14.4 Å². The van der Waals surface area contributed by atoms with Crippen molar-refractivity contribution in [1.82, 2.24) is 0 Å². The molecule has 0 bridgehead atoms. The normalized spacial score (nSPS) is 20.4. The summed E-state index contributed by atoms with van der Waals surface area (Å²) >= 11 is 0. The molecule has 0 saturated heterocycles. The Morgan fingerprint density at radius 2 is 1.31 bits per heavy atom. The van der Waals surface area contributed by atoms with Crippen LogP contribution in [0.15, 0.2) is 12.7 Å². The minimum absolute atomic E-state index is 0.215. The van der Waals surface area contributed by atoms with Gasteiger partial charge in [0, 0.05) is 6.08 Å². The quantitative estimate of drug-likeness (QED) is 0.115. The van der Waals surface area contributed by atoms with Crippen molar-refractivity contribution in [1.29, 1.82) is 0 Å². The molecule has 0 radical (unpaired) electrons. The van der Waals surface area contributed by atoms with Crippen LogP contribution in [0.25, 0.3) is 0 Å². The summed E-state index contributed by atoms with van der Waals surface area (Å²) in [4.78, 5) is 37.0. The van der Waals surface area contributed by atoms with Crippen molar-refractivity contribution in [2.75, 3.05) is 13.2 Å². The number of esters is 3. The molecule has 0 amide bonds. The van der Waals surface area contributed by atoms with Gasteiger partial charge in [0.05, 0.1) is 19.1 Å². The molecule has 1 saturated carbocycles. The minimum Gasteiger partial charge on any atom is -0.465 e. The standard InChI is InChI=1S/C26H44O6/c1-4-7-9-10-11-12-13-15-20-30-24(28)22-16-18-26(19-17-22,32-23(27)6-3)25(29)31-21-14-8-5-2/h6,22H,3-5,7-21H2,1-2H3. The number of carbonyl (C=O) groups is 3. The van der Waals surface area contributed by atoms with Gasteiger partial charge in [-0.15, -0.1) is 0 Å². The Morgan fingerprint density at radius 1 is 0.812 bits per heavy atom. The van der Waals surface area contributed by atoms with Gasteiger partial charge in [0.25, 0.3) is 0 Å². The summed E-state index contributed by atoms with van der Waals surface area (Å²) in [7, 11) is 0. The summed E-state index contributed by atoms with van der Waals surface area (Å²) in [5.74, 6) is -1.65. The molecule has 1 fully saturated rings. The number of hydrogen-bond donors (Lipinski definition) is 0. The van der Waals surface area contributed by atoms with Crippen LogP contribution in [0, 0.1) is 5.92 Å². The topological polar surface area (TPSA) is 78.9 Å². The average Bonchev–Trinajstić information content (AvgIpc) is 2.80. The maximum atomic E-state index is 12.7. The molecule has 0 aromatic rings.